The Morgan fingerprint density at radius 2 is 1.93 bits per heavy atom. The van der Waals surface area contributed by atoms with Crippen LogP contribution in [-0.2, 0) is 4.74 Å². The first-order chi connectivity index (χ1) is 13.5. The quantitative estimate of drug-likeness (QED) is 0.660. The number of cyclic esters (lactones) is 1. The fraction of sp³-hybridized carbons (Fsp3) is 0.150. The van der Waals surface area contributed by atoms with Gasteiger partial charge in [0, 0.05) is 4.47 Å². The molecule has 2 aromatic carbocycles. The minimum Gasteiger partial charge on any atom is -0.447 e. The van der Waals surface area contributed by atoms with E-state index in [1.54, 1.807) is 29.1 Å². The number of hydrogen-bond donors (Lipinski definition) is 1. The summed E-state index contributed by atoms with van der Waals surface area (Å²) in [6.45, 7) is 2.63. The predicted molar refractivity (Wildman–Crippen MR) is 109 cm³/mol. The highest BCUT2D eigenvalue weighted by Crippen LogP contribution is 2.28. The average molecular weight is 441 g/mol. The number of para-hydroxylation sites is 2. The summed E-state index contributed by atoms with van der Waals surface area (Å²) in [5.74, 6) is -0.291. The van der Waals surface area contributed by atoms with Crippen molar-refractivity contribution in [3.63, 3.8) is 0 Å². The number of anilines is 2. The molecule has 1 aliphatic heterocycles. The van der Waals surface area contributed by atoms with E-state index < -0.39 is 6.09 Å². The second kappa shape index (κ2) is 7.47. The van der Waals surface area contributed by atoms with Gasteiger partial charge in [-0.25, -0.2) is 9.48 Å². The van der Waals surface area contributed by atoms with Crippen LogP contribution in [0.15, 0.2) is 59.2 Å². The van der Waals surface area contributed by atoms with Gasteiger partial charge in [-0.15, -0.1) is 0 Å². The third-order valence-electron chi connectivity index (χ3n) is 4.53. The molecule has 142 valence electrons. The summed E-state index contributed by atoms with van der Waals surface area (Å²) in [5, 5.41) is 7.24. The molecule has 7 nitrogen and oxygen atoms in total. The van der Waals surface area contributed by atoms with E-state index in [1.807, 2.05) is 37.3 Å². The lowest BCUT2D eigenvalue weighted by Gasteiger charge is -2.17. The maximum absolute atomic E-state index is 12.9. The zero-order valence-electron chi connectivity index (χ0n) is 15.1. The van der Waals surface area contributed by atoms with E-state index in [4.69, 9.17) is 4.74 Å². The van der Waals surface area contributed by atoms with E-state index in [2.05, 4.69) is 26.3 Å². The molecular weight excluding hydrogens is 424 g/mol. The zero-order valence-corrected chi connectivity index (χ0v) is 16.6. The number of benzene rings is 2. The molecule has 1 aliphatic rings. The van der Waals surface area contributed by atoms with Crippen LogP contribution in [0.25, 0.3) is 5.69 Å². The molecule has 2 heterocycles. The second-order valence-corrected chi connectivity index (χ2v) is 7.18. The Morgan fingerprint density at radius 3 is 2.64 bits per heavy atom. The van der Waals surface area contributed by atoms with Gasteiger partial charge < -0.3 is 10.1 Å². The van der Waals surface area contributed by atoms with Crippen molar-refractivity contribution in [1.29, 1.82) is 0 Å². The Morgan fingerprint density at radius 1 is 1.18 bits per heavy atom. The third-order valence-corrected chi connectivity index (χ3v) is 5.06. The standard InChI is InChI=1S/C20H17BrN4O3/c1-13-16(12-22-25(13)15-8-6-14(21)7-9-15)19(26)23-17-4-2-3-5-18(17)24-10-11-28-20(24)27/h2-9,12H,10-11H2,1H3,(H,23,26). The van der Waals surface area contributed by atoms with Crippen molar-refractivity contribution in [1.82, 2.24) is 9.78 Å². The summed E-state index contributed by atoms with van der Waals surface area (Å²) in [6.07, 6.45) is 1.13. The highest BCUT2D eigenvalue weighted by Gasteiger charge is 2.26. The van der Waals surface area contributed by atoms with Gasteiger partial charge in [0.05, 0.1) is 41.1 Å². The SMILES string of the molecule is Cc1c(C(=O)Nc2ccccc2N2CCOC2=O)cnn1-c1ccc(Br)cc1. The molecule has 3 aromatic rings. The molecule has 0 bridgehead atoms. The molecule has 0 atom stereocenters. The smallest absolute Gasteiger partial charge is 0.414 e. The number of nitrogens with zero attached hydrogens (tertiary/aromatic N) is 3. The van der Waals surface area contributed by atoms with Crippen molar-refractivity contribution in [2.24, 2.45) is 0 Å². The molecule has 2 amide bonds. The zero-order chi connectivity index (χ0) is 19.7. The number of nitrogens with one attached hydrogen (secondary N) is 1. The normalized spacial score (nSPS) is 13.5. The maximum Gasteiger partial charge on any atom is 0.414 e. The second-order valence-electron chi connectivity index (χ2n) is 6.27. The predicted octanol–water partition coefficient (Wildman–Crippen LogP) is 4.15. The van der Waals surface area contributed by atoms with E-state index in [-0.39, 0.29) is 5.91 Å². The first kappa shape index (κ1) is 18.2. The topological polar surface area (TPSA) is 76.5 Å². The van der Waals surface area contributed by atoms with E-state index in [9.17, 15) is 9.59 Å². The first-order valence-electron chi connectivity index (χ1n) is 8.70. The van der Waals surface area contributed by atoms with Crippen LogP contribution in [-0.4, -0.2) is 34.9 Å². The molecule has 1 N–H and O–H groups in total. The van der Waals surface area contributed by atoms with Gasteiger partial charge in [-0.3, -0.25) is 9.69 Å². The lowest BCUT2D eigenvalue weighted by Crippen LogP contribution is -2.25. The molecular formula is C20H17BrN4O3. The fourth-order valence-electron chi connectivity index (χ4n) is 3.09. The first-order valence-corrected chi connectivity index (χ1v) is 9.49. The number of halogens is 1. The van der Waals surface area contributed by atoms with E-state index in [1.165, 1.54) is 4.90 Å². The number of amides is 2. The van der Waals surface area contributed by atoms with Gasteiger partial charge in [-0.2, -0.15) is 5.10 Å². The minimum absolute atomic E-state index is 0.291. The van der Waals surface area contributed by atoms with Crippen molar-refractivity contribution in [2.75, 3.05) is 23.4 Å². The number of ether oxygens (including phenoxy) is 1. The van der Waals surface area contributed by atoms with Gasteiger partial charge in [-0.1, -0.05) is 28.1 Å². The lowest BCUT2D eigenvalue weighted by atomic mass is 10.2. The molecule has 0 unspecified atom stereocenters. The van der Waals surface area contributed by atoms with Crippen molar-refractivity contribution >= 4 is 39.3 Å². The van der Waals surface area contributed by atoms with Crippen LogP contribution >= 0.6 is 15.9 Å². The Kier molecular flexibility index (Phi) is 4.87. The Hall–Kier alpha value is -3.13. The molecule has 1 saturated heterocycles. The monoisotopic (exact) mass is 440 g/mol. The van der Waals surface area contributed by atoms with Crippen LogP contribution < -0.4 is 10.2 Å². The van der Waals surface area contributed by atoms with Crippen LogP contribution in [0.2, 0.25) is 0 Å². The lowest BCUT2D eigenvalue weighted by molar-refractivity contribution is 0.102. The molecule has 1 aromatic heterocycles. The van der Waals surface area contributed by atoms with E-state index >= 15 is 0 Å². The average Bonchev–Trinajstić information content (AvgIpc) is 3.28. The molecule has 0 saturated carbocycles. The van der Waals surface area contributed by atoms with Crippen LogP contribution in [0, 0.1) is 6.92 Å². The Labute approximate surface area is 170 Å². The molecule has 4 rings (SSSR count). The molecule has 0 spiro atoms. The summed E-state index contributed by atoms with van der Waals surface area (Å²) in [4.78, 5) is 26.3. The van der Waals surface area contributed by atoms with Crippen molar-refractivity contribution in [3.8, 4) is 5.69 Å². The van der Waals surface area contributed by atoms with Gasteiger partial charge in [0.15, 0.2) is 0 Å². The van der Waals surface area contributed by atoms with Crippen LogP contribution in [0.4, 0.5) is 16.2 Å². The van der Waals surface area contributed by atoms with Gasteiger partial charge >= 0.3 is 6.09 Å². The summed E-state index contributed by atoms with van der Waals surface area (Å²) < 4.78 is 7.68. The Balaban J connectivity index is 1.60. The molecule has 1 fully saturated rings. The highest BCUT2D eigenvalue weighted by molar-refractivity contribution is 9.10. The number of hydrogen-bond acceptors (Lipinski definition) is 4. The number of carbonyl (C=O) groups excluding carboxylic acids is 2. The third kappa shape index (κ3) is 3.38. The number of rotatable bonds is 4. The molecule has 8 heteroatoms. The summed E-state index contributed by atoms with van der Waals surface area (Å²) in [6, 6.07) is 14.8. The maximum atomic E-state index is 12.9. The summed E-state index contributed by atoms with van der Waals surface area (Å²) in [5.41, 5.74) is 3.19. The van der Waals surface area contributed by atoms with E-state index in [0.29, 0.717) is 30.1 Å². The highest BCUT2D eigenvalue weighted by atomic mass is 79.9. The Bertz CT molecular complexity index is 1050. The molecule has 0 aliphatic carbocycles. The van der Waals surface area contributed by atoms with Crippen molar-refractivity contribution in [2.45, 2.75) is 6.92 Å². The van der Waals surface area contributed by atoms with Crippen LogP contribution in [0.3, 0.4) is 0 Å². The van der Waals surface area contributed by atoms with Crippen LogP contribution in [0.5, 0.6) is 0 Å². The summed E-state index contributed by atoms with van der Waals surface area (Å²) in [7, 11) is 0. The number of aromatic nitrogens is 2. The van der Waals surface area contributed by atoms with Gasteiger partial charge in [-0.05, 0) is 43.3 Å². The fourth-order valence-corrected chi connectivity index (χ4v) is 3.36. The van der Waals surface area contributed by atoms with E-state index in [0.717, 1.165) is 15.9 Å². The van der Waals surface area contributed by atoms with Crippen molar-refractivity contribution < 1.29 is 14.3 Å². The largest absolute Gasteiger partial charge is 0.447 e. The van der Waals surface area contributed by atoms with Crippen molar-refractivity contribution in [3.05, 3.63) is 70.5 Å². The molecule has 0 radical (unpaired) electrons. The number of carbonyl (C=O) groups is 2. The van der Waals surface area contributed by atoms with Crippen LogP contribution in [0.1, 0.15) is 16.1 Å². The van der Waals surface area contributed by atoms with Gasteiger partial charge in [0.2, 0.25) is 0 Å². The van der Waals surface area contributed by atoms with Gasteiger partial charge in [0.25, 0.3) is 5.91 Å². The minimum atomic E-state index is -0.416. The van der Waals surface area contributed by atoms with Gasteiger partial charge in [0.1, 0.15) is 6.61 Å². The molecule has 28 heavy (non-hydrogen) atoms. The summed E-state index contributed by atoms with van der Waals surface area (Å²) >= 11 is 3.41.